The van der Waals surface area contributed by atoms with Crippen LogP contribution in [0, 0.1) is 5.92 Å². The number of likely N-dealkylation sites (N-methyl/N-ethyl adjacent to an activating group) is 1. The van der Waals surface area contributed by atoms with Crippen LogP contribution in [-0.4, -0.2) is 50.3 Å². The number of sulfonamides is 1. The zero-order valence-corrected chi connectivity index (χ0v) is 16.3. The molecular formula is C16H27BrN2O2S. The third kappa shape index (κ3) is 5.33. The Morgan fingerprint density at radius 3 is 2.18 bits per heavy atom. The van der Waals surface area contributed by atoms with Crippen LogP contribution in [0.15, 0.2) is 33.6 Å². The van der Waals surface area contributed by atoms with Crippen molar-refractivity contribution in [3.8, 4) is 0 Å². The molecule has 0 atom stereocenters. The molecule has 126 valence electrons. The zero-order chi connectivity index (χ0) is 16.8. The standard InChI is InChI=1S/C16H27BrN2O2S/c1-5-18(6-2)11-12-19(13-14(3)4)22(20,21)16-10-8-7-9-15(16)17/h7-10,14H,5-6,11-13H2,1-4H3. The maximum atomic E-state index is 13.0. The average molecular weight is 391 g/mol. The Morgan fingerprint density at radius 2 is 1.68 bits per heavy atom. The zero-order valence-electron chi connectivity index (χ0n) is 13.9. The molecule has 4 nitrogen and oxygen atoms in total. The number of halogens is 1. The fraction of sp³-hybridized carbons (Fsp3) is 0.625. The van der Waals surface area contributed by atoms with Crippen molar-refractivity contribution in [2.75, 3.05) is 32.7 Å². The van der Waals surface area contributed by atoms with E-state index in [2.05, 4.69) is 34.7 Å². The summed E-state index contributed by atoms with van der Waals surface area (Å²) in [5, 5.41) is 0. The Kier molecular flexibility index (Phi) is 8.03. The molecule has 0 heterocycles. The van der Waals surface area contributed by atoms with Gasteiger partial charge in [0.05, 0.1) is 4.90 Å². The third-order valence-electron chi connectivity index (χ3n) is 3.58. The number of hydrogen-bond donors (Lipinski definition) is 0. The number of nitrogens with zero attached hydrogens (tertiary/aromatic N) is 2. The summed E-state index contributed by atoms with van der Waals surface area (Å²) >= 11 is 3.36. The van der Waals surface area contributed by atoms with Crippen molar-refractivity contribution >= 4 is 26.0 Å². The lowest BCUT2D eigenvalue weighted by Gasteiger charge is -2.27. The molecule has 0 aliphatic heterocycles. The Hall–Kier alpha value is -0.430. The van der Waals surface area contributed by atoms with Gasteiger partial charge in [-0.15, -0.1) is 0 Å². The topological polar surface area (TPSA) is 40.6 Å². The molecule has 0 fully saturated rings. The summed E-state index contributed by atoms with van der Waals surface area (Å²) in [5.41, 5.74) is 0. The van der Waals surface area contributed by atoms with E-state index in [1.807, 2.05) is 19.9 Å². The van der Waals surface area contributed by atoms with Gasteiger partial charge in [-0.1, -0.05) is 39.8 Å². The van der Waals surface area contributed by atoms with Crippen LogP contribution in [0.3, 0.4) is 0 Å². The van der Waals surface area contributed by atoms with Gasteiger partial charge in [-0.05, 0) is 47.1 Å². The van der Waals surface area contributed by atoms with Crippen LogP contribution < -0.4 is 0 Å². The van der Waals surface area contributed by atoms with E-state index in [4.69, 9.17) is 0 Å². The maximum absolute atomic E-state index is 13.0. The highest BCUT2D eigenvalue weighted by Gasteiger charge is 2.27. The van der Waals surface area contributed by atoms with E-state index < -0.39 is 10.0 Å². The lowest BCUT2D eigenvalue weighted by Crippen LogP contribution is -2.40. The van der Waals surface area contributed by atoms with Crippen LogP contribution >= 0.6 is 15.9 Å². The second-order valence-corrected chi connectivity index (χ2v) is 8.47. The quantitative estimate of drug-likeness (QED) is 0.648. The van der Waals surface area contributed by atoms with Gasteiger partial charge in [0.15, 0.2) is 0 Å². The van der Waals surface area contributed by atoms with Gasteiger partial charge >= 0.3 is 0 Å². The van der Waals surface area contributed by atoms with Gasteiger partial charge < -0.3 is 4.90 Å². The molecule has 0 saturated heterocycles. The van der Waals surface area contributed by atoms with E-state index in [1.165, 1.54) is 0 Å². The molecule has 0 aliphatic rings. The van der Waals surface area contributed by atoms with Crippen molar-refractivity contribution in [3.05, 3.63) is 28.7 Å². The first kappa shape index (κ1) is 19.6. The smallest absolute Gasteiger partial charge is 0.244 e. The van der Waals surface area contributed by atoms with Crippen LogP contribution in [0.1, 0.15) is 27.7 Å². The van der Waals surface area contributed by atoms with Gasteiger partial charge in [0.25, 0.3) is 0 Å². The van der Waals surface area contributed by atoms with Crippen molar-refractivity contribution in [1.29, 1.82) is 0 Å². The minimum absolute atomic E-state index is 0.286. The summed E-state index contributed by atoms with van der Waals surface area (Å²) in [7, 11) is -3.48. The fourth-order valence-electron chi connectivity index (χ4n) is 2.30. The van der Waals surface area contributed by atoms with E-state index in [0.29, 0.717) is 22.5 Å². The molecule has 0 radical (unpaired) electrons. The van der Waals surface area contributed by atoms with Crippen molar-refractivity contribution in [2.45, 2.75) is 32.6 Å². The summed E-state index contributed by atoms with van der Waals surface area (Å²) in [6.45, 7) is 11.9. The molecule has 22 heavy (non-hydrogen) atoms. The maximum Gasteiger partial charge on any atom is 0.244 e. The summed E-state index contributed by atoms with van der Waals surface area (Å²) < 4.78 is 28.1. The van der Waals surface area contributed by atoms with E-state index in [-0.39, 0.29) is 5.92 Å². The van der Waals surface area contributed by atoms with E-state index in [0.717, 1.165) is 19.6 Å². The van der Waals surface area contributed by atoms with Crippen LogP contribution in [0.2, 0.25) is 0 Å². The van der Waals surface area contributed by atoms with Crippen LogP contribution in [0.5, 0.6) is 0 Å². The Bertz CT molecular complexity index is 557. The molecule has 6 heteroatoms. The third-order valence-corrected chi connectivity index (χ3v) is 6.46. The van der Waals surface area contributed by atoms with Crippen molar-refractivity contribution < 1.29 is 8.42 Å². The lowest BCUT2D eigenvalue weighted by molar-refractivity contribution is 0.262. The van der Waals surface area contributed by atoms with Gasteiger partial charge in [-0.3, -0.25) is 0 Å². The summed E-state index contributed by atoms with van der Waals surface area (Å²) in [6, 6.07) is 7.01. The summed E-state index contributed by atoms with van der Waals surface area (Å²) in [6.07, 6.45) is 0. The Morgan fingerprint density at radius 1 is 1.09 bits per heavy atom. The number of benzene rings is 1. The molecule has 0 unspecified atom stereocenters. The highest BCUT2D eigenvalue weighted by Crippen LogP contribution is 2.25. The number of hydrogen-bond acceptors (Lipinski definition) is 3. The molecule has 0 aromatic heterocycles. The van der Waals surface area contributed by atoms with Gasteiger partial charge in [-0.2, -0.15) is 4.31 Å². The minimum atomic E-state index is -3.48. The van der Waals surface area contributed by atoms with Crippen LogP contribution in [-0.2, 0) is 10.0 Å². The fourth-order valence-corrected chi connectivity index (χ4v) is 4.86. The predicted molar refractivity (Wildman–Crippen MR) is 95.5 cm³/mol. The molecule has 0 bridgehead atoms. The highest BCUT2D eigenvalue weighted by atomic mass is 79.9. The molecule has 1 aromatic carbocycles. The van der Waals surface area contributed by atoms with Crippen LogP contribution in [0.25, 0.3) is 0 Å². The SMILES string of the molecule is CCN(CC)CCN(CC(C)C)S(=O)(=O)c1ccccc1Br. The second kappa shape index (κ2) is 9.01. The largest absolute Gasteiger partial charge is 0.303 e. The van der Waals surface area contributed by atoms with Gasteiger partial charge in [-0.25, -0.2) is 8.42 Å². The molecule has 1 aromatic rings. The Labute approximate surface area is 143 Å². The van der Waals surface area contributed by atoms with Crippen molar-refractivity contribution in [2.24, 2.45) is 5.92 Å². The lowest BCUT2D eigenvalue weighted by atomic mass is 10.2. The second-order valence-electron chi connectivity index (χ2n) is 5.71. The summed E-state index contributed by atoms with van der Waals surface area (Å²) in [5.74, 6) is 0.286. The monoisotopic (exact) mass is 390 g/mol. The molecular weight excluding hydrogens is 364 g/mol. The first-order valence-corrected chi connectivity index (χ1v) is 10.0. The molecule has 0 amide bonds. The first-order chi connectivity index (χ1) is 10.3. The predicted octanol–water partition coefficient (Wildman–Crippen LogP) is 3.44. The van der Waals surface area contributed by atoms with Crippen LogP contribution in [0.4, 0.5) is 0 Å². The van der Waals surface area contributed by atoms with E-state index >= 15 is 0 Å². The van der Waals surface area contributed by atoms with E-state index in [9.17, 15) is 8.42 Å². The van der Waals surface area contributed by atoms with Crippen molar-refractivity contribution in [3.63, 3.8) is 0 Å². The molecule has 0 spiro atoms. The number of rotatable bonds is 9. The first-order valence-electron chi connectivity index (χ1n) is 7.79. The van der Waals surface area contributed by atoms with Crippen molar-refractivity contribution in [1.82, 2.24) is 9.21 Å². The summed E-state index contributed by atoms with van der Waals surface area (Å²) in [4.78, 5) is 2.58. The molecule has 0 N–H and O–H groups in total. The minimum Gasteiger partial charge on any atom is -0.303 e. The van der Waals surface area contributed by atoms with Gasteiger partial charge in [0.2, 0.25) is 10.0 Å². The highest BCUT2D eigenvalue weighted by molar-refractivity contribution is 9.10. The van der Waals surface area contributed by atoms with E-state index in [1.54, 1.807) is 22.5 Å². The molecule has 1 rings (SSSR count). The Balaban J connectivity index is 3.02. The average Bonchev–Trinajstić information content (AvgIpc) is 2.46. The normalized spacial score (nSPS) is 12.5. The van der Waals surface area contributed by atoms with Gasteiger partial charge in [0.1, 0.15) is 0 Å². The molecule has 0 aliphatic carbocycles. The molecule has 0 saturated carbocycles. The van der Waals surface area contributed by atoms with Gasteiger partial charge in [0, 0.05) is 24.1 Å².